The van der Waals surface area contributed by atoms with Crippen molar-refractivity contribution < 1.29 is 4.79 Å². The Morgan fingerprint density at radius 1 is 1.33 bits per heavy atom. The third kappa shape index (κ3) is 3.50. The van der Waals surface area contributed by atoms with Crippen LogP contribution >= 0.6 is 0 Å². The topological polar surface area (TPSA) is 62.7 Å². The zero-order valence-electron chi connectivity index (χ0n) is 14.2. The summed E-state index contributed by atoms with van der Waals surface area (Å²) in [5, 5.41) is 8.51. The Morgan fingerprint density at radius 3 is 3.00 bits per heavy atom. The van der Waals surface area contributed by atoms with Crippen molar-refractivity contribution in [2.45, 2.75) is 45.6 Å². The molecule has 5 nitrogen and oxygen atoms in total. The third-order valence-electron chi connectivity index (χ3n) is 4.47. The van der Waals surface area contributed by atoms with Crippen LogP contribution in [0.3, 0.4) is 0 Å². The molecular weight excluding hydrogens is 300 g/mol. The number of nitrogens with one attached hydrogen (secondary N) is 2. The summed E-state index contributed by atoms with van der Waals surface area (Å²) in [7, 11) is 0. The van der Waals surface area contributed by atoms with Crippen molar-refractivity contribution in [2.75, 3.05) is 5.32 Å². The minimum atomic E-state index is 0.0416. The van der Waals surface area contributed by atoms with Crippen molar-refractivity contribution in [2.24, 2.45) is 0 Å². The maximum atomic E-state index is 12.2. The maximum absolute atomic E-state index is 12.2. The minimum absolute atomic E-state index is 0.0416. The molecule has 0 aliphatic rings. The first-order valence-electron chi connectivity index (χ1n) is 8.57. The van der Waals surface area contributed by atoms with Crippen molar-refractivity contribution in [3.05, 3.63) is 48.3 Å². The standard InChI is InChI=1S/C19H24N4O/c1-3-14(2)23-18(11-12-21-23)22-19(24)10-6-7-15-13-20-17-9-5-4-8-16(15)17/h4-5,8-9,11-14,20H,3,6-7,10H2,1-2H3,(H,22,24)/t14-/m0/s1. The summed E-state index contributed by atoms with van der Waals surface area (Å²) in [4.78, 5) is 15.5. The monoisotopic (exact) mass is 324 g/mol. The second kappa shape index (κ2) is 7.34. The number of anilines is 1. The van der Waals surface area contributed by atoms with Gasteiger partial charge in [0.15, 0.2) is 0 Å². The van der Waals surface area contributed by atoms with Crippen LogP contribution in [0.4, 0.5) is 5.82 Å². The van der Waals surface area contributed by atoms with Crippen molar-refractivity contribution in [1.82, 2.24) is 14.8 Å². The molecule has 5 heteroatoms. The van der Waals surface area contributed by atoms with Gasteiger partial charge in [0.05, 0.1) is 12.2 Å². The molecule has 0 saturated heterocycles. The van der Waals surface area contributed by atoms with Crippen LogP contribution < -0.4 is 5.32 Å². The molecule has 0 saturated carbocycles. The zero-order chi connectivity index (χ0) is 16.9. The average molecular weight is 324 g/mol. The number of carbonyl (C=O) groups is 1. The Balaban J connectivity index is 1.54. The first-order valence-corrected chi connectivity index (χ1v) is 8.57. The highest BCUT2D eigenvalue weighted by atomic mass is 16.1. The molecule has 3 rings (SSSR count). The molecule has 0 aliphatic heterocycles. The van der Waals surface area contributed by atoms with E-state index in [4.69, 9.17) is 0 Å². The van der Waals surface area contributed by atoms with Gasteiger partial charge in [-0.3, -0.25) is 4.79 Å². The van der Waals surface area contributed by atoms with E-state index in [9.17, 15) is 4.79 Å². The Bertz CT molecular complexity index is 818. The van der Waals surface area contributed by atoms with Crippen LogP contribution in [-0.2, 0) is 11.2 Å². The van der Waals surface area contributed by atoms with Crippen LogP contribution in [0.5, 0.6) is 0 Å². The largest absolute Gasteiger partial charge is 0.361 e. The van der Waals surface area contributed by atoms with E-state index in [-0.39, 0.29) is 11.9 Å². The third-order valence-corrected chi connectivity index (χ3v) is 4.47. The molecule has 1 atom stereocenters. The van der Waals surface area contributed by atoms with Crippen LogP contribution in [0.1, 0.15) is 44.7 Å². The fourth-order valence-corrected chi connectivity index (χ4v) is 2.92. The van der Waals surface area contributed by atoms with E-state index in [1.54, 1.807) is 6.20 Å². The van der Waals surface area contributed by atoms with Gasteiger partial charge >= 0.3 is 0 Å². The quantitative estimate of drug-likeness (QED) is 0.681. The summed E-state index contributed by atoms with van der Waals surface area (Å²) in [6.07, 6.45) is 6.97. The number of hydrogen-bond donors (Lipinski definition) is 2. The van der Waals surface area contributed by atoms with Gasteiger partial charge < -0.3 is 10.3 Å². The highest BCUT2D eigenvalue weighted by Crippen LogP contribution is 2.20. The number of amides is 1. The highest BCUT2D eigenvalue weighted by molar-refractivity contribution is 5.90. The van der Waals surface area contributed by atoms with Crippen LogP contribution in [0.2, 0.25) is 0 Å². The Kier molecular flexibility index (Phi) is 4.99. The molecule has 0 bridgehead atoms. The van der Waals surface area contributed by atoms with Gasteiger partial charge in [-0.1, -0.05) is 25.1 Å². The number of para-hydroxylation sites is 1. The average Bonchev–Trinajstić information content (AvgIpc) is 3.21. The van der Waals surface area contributed by atoms with Gasteiger partial charge in [-0.2, -0.15) is 5.10 Å². The molecule has 1 aromatic carbocycles. The smallest absolute Gasteiger partial charge is 0.225 e. The summed E-state index contributed by atoms with van der Waals surface area (Å²) < 4.78 is 1.87. The van der Waals surface area contributed by atoms with Gasteiger partial charge in [0, 0.05) is 29.6 Å². The van der Waals surface area contributed by atoms with Gasteiger partial charge in [-0.25, -0.2) is 4.68 Å². The minimum Gasteiger partial charge on any atom is -0.361 e. The summed E-state index contributed by atoms with van der Waals surface area (Å²) in [6, 6.07) is 10.4. The number of aromatic amines is 1. The Labute approximate surface area is 142 Å². The summed E-state index contributed by atoms with van der Waals surface area (Å²) in [6.45, 7) is 4.21. The SMILES string of the molecule is CC[C@H](C)n1nccc1NC(=O)CCCc1c[nH]c2ccccc12. The highest BCUT2D eigenvalue weighted by Gasteiger charge is 2.11. The lowest BCUT2D eigenvalue weighted by molar-refractivity contribution is -0.116. The fraction of sp³-hybridized carbons (Fsp3) is 0.368. The van der Waals surface area contributed by atoms with Gasteiger partial charge in [0.25, 0.3) is 0 Å². The Hall–Kier alpha value is -2.56. The van der Waals surface area contributed by atoms with Gasteiger partial charge in [0.2, 0.25) is 5.91 Å². The lowest BCUT2D eigenvalue weighted by Gasteiger charge is -2.14. The molecule has 2 heterocycles. The number of aromatic nitrogens is 3. The number of nitrogens with zero attached hydrogens (tertiary/aromatic N) is 2. The molecule has 0 aliphatic carbocycles. The van der Waals surface area contributed by atoms with Gasteiger partial charge in [-0.15, -0.1) is 0 Å². The summed E-state index contributed by atoms with van der Waals surface area (Å²) in [5.74, 6) is 0.821. The normalized spacial score (nSPS) is 12.4. The van der Waals surface area contributed by atoms with Crippen molar-refractivity contribution in [3.63, 3.8) is 0 Å². The molecule has 0 fully saturated rings. The molecule has 24 heavy (non-hydrogen) atoms. The predicted molar refractivity (Wildman–Crippen MR) is 97.1 cm³/mol. The number of aryl methyl sites for hydroxylation is 1. The van der Waals surface area contributed by atoms with E-state index in [1.807, 2.05) is 29.1 Å². The number of carbonyl (C=O) groups excluding carboxylic acids is 1. The lowest BCUT2D eigenvalue weighted by atomic mass is 10.1. The molecular formula is C19H24N4O. The van der Waals surface area contributed by atoms with Crippen molar-refractivity contribution in [1.29, 1.82) is 0 Å². The van der Waals surface area contributed by atoms with Crippen LogP contribution in [0.15, 0.2) is 42.7 Å². The van der Waals surface area contributed by atoms with Gasteiger partial charge in [-0.05, 0) is 37.8 Å². The first-order chi connectivity index (χ1) is 11.7. The van der Waals surface area contributed by atoms with Crippen molar-refractivity contribution >= 4 is 22.6 Å². The fourth-order valence-electron chi connectivity index (χ4n) is 2.92. The molecule has 0 unspecified atom stereocenters. The second-order valence-corrected chi connectivity index (χ2v) is 6.18. The van der Waals surface area contributed by atoms with E-state index >= 15 is 0 Å². The Morgan fingerprint density at radius 2 is 2.17 bits per heavy atom. The number of hydrogen-bond acceptors (Lipinski definition) is 2. The molecule has 2 N–H and O–H groups in total. The number of H-pyrrole nitrogens is 1. The summed E-state index contributed by atoms with van der Waals surface area (Å²) >= 11 is 0. The second-order valence-electron chi connectivity index (χ2n) is 6.18. The molecule has 126 valence electrons. The molecule has 3 aromatic rings. The van der Waals surface area contributed by atoms with Crippen LogP contribution in [-0.4, -0.2) is 20.7 Å². The first kappa shape index (κ1) is 16.3. The van der Waals surface area contributed by atoms with Gasteiger partial charge in [0.1, 0.15) is 5.82 Å². The lowest BCUT2D eigenvalue weighted by Crippen LogP contribution is -2.17. The van der Waals surface area contributed by atoms with Crippen LogP contribution in [0.25, 0.3) is 10.9 Å². The molecule has 0 radical (unpaired) electrons. The molecule has 0 spiro atoms. The number of fused-ring (bicyclic) bond motifs is 1. The molecule has 1 amide bonds. The van der Waals surface area contributed by atoms with E-state index in [0.29, 0.717) is 6.42 Å². The number of benzene rings is 1. The van der Waals surface area contributed by atoms with E-state index < -0.39 is 0 Å². The number of rotatable bonds is 7. The van der Waals surface area contributed by atoms with E-state index in [0.717, 1.165) is 30.6 Å². The maximum Gasteiger partial charge on any atom is 0.225 e. The zero-order valence-corrected chi connectivity index (χ0v) is 14.2. The van der Waals surface area contributed by atoms with E-state index in [2.05, 4.69) is 41.4 Å². The van der Waals surface area contributed by atoms with Crippen LogP contribution in [0, 0.1) is 0 Å². The van der Waals surface area contributed by atoms with E-state index in [1.165, 1.54) is 10.9 Å². The summed E-state index contributed by atoms with van der Waals surface area (Å²) in [5.41, 5.74) is 2.41. The predicted octanol–water partition coefficient (Wildman–Crippen LogP) is 4.30. The van der Waals surface area contributed by atoms with Crippen molar-refractivity contribution in [3.8, 4) is 0 Å². The molecule has 2 aromatic heterocycles.